The van der Waals surface area contributed by atoms with Crippen molar-refractivity contribution in [2.24, 2.45) is 0 Å². The fourth-order valence-corrected chi connectivity index (χ4v) is 3.91. The van der Waals surface area contributed by atoms with Gasteiger partial charge in [-0.1, -0.05) is 12.8 Å². The lowest BCUT2D eigenvalue weighted by atomic mass is 10.3. The van der Waals surface area contributed by atoms with Gasteiger partial charge in [0.25, 0.3) is 0 Å². The van der Waals surface area contributed by atoms with Gasteiger partial charge in [-0.3, -0.25) is 0 Å². The number of hydrogen-bond donors (Lipinski definition) is 2. The lowest BCUT2D eigenvalue weighted by Crippen LogP contribution is -2.38. The molecule has 0 aromatic heterocycles. The largest absolute Gasteiger partial charge is 0.406 e. The number of halogens is 3. The summed E-state index contributed by atoms with van der Waals surface area (Å²) < 4.78 is 63.9. The van der Waals surface area contributed by atoms with E-state index >= 15 is 0 Å². The van der Waals surface area contributed by atoms with Crippen LogP contribution >= 0.6 is 0 Å². The first kappa shape index (κ1) is 19.5. The van der Waals surface area contributed by atoms with E-state index in [1.807, 2.05) is 0 Å². The van der Waals surface area contributed by atoms with E-state index in [4.69, 9.17) is 0 Å². The predicted octanol–water partition coefficient (Wildman–Crippen LogP) is 2.93. The van der Waals surface area contributed by atoms with Crippen LogP contribution in [0.15, 0.2) is 29.2 Å². The molecule has 1 aliphatic carbocycles. The van der Waals surface area contributed by atoms with Crippen molar-refractivity contribution in [3.05, 3.63) is 24.3 Å². The van der Waals surface area contributed by atoms with Crippen molar-refractivity contribution in [2.45, 2.75) is 42.8 Å². The molecule has 1 fully saturated rings. The average molecular weight is 379 g/mol. The zero-order valence-electron chi connectivity index (χ0n) is 13.6. The van der Waals surface area contributed by atoms with E-state index < -0.39 is 28.8 Å². The summed E-state index contributed by atoms with van der Waals surface area (Å²) in [7, 11) is -2.63. The van der Waals surface area contributed by atoms with E-state index in [2.05, 4.69) is 10.0 Å². The third-order valence-corrected chi connectivity index (χ3v) is 5.39. The van der Waals surface area contributed by atoms with Crippen LogP contribution in [0.1, 0.15) is 25.7 Å². The molecule has 0 unspecified atom stereocenters. The minimum Gasteiger partial charge on any atom is -0.318 e. The van der Waals surface area contributed by atoms with Crippen molar-refractivity contribution >= 4 is 21.7 Å². The van der Waals surface area contributed by atoms with E-state index in [1.165, 1.54) is 24.3 Å². The monoisotopic (exact) mass is 379 g/mol. The molecule has 2 amide bonds. The van der Waals surface area contributed by atoms with Crippen LogP contribution in [-0.2, 0) is 10.0 Å². The maximum Gasteiger partial charge on any atom is 0.406 e. The maximum atomic E-state index is 12.3. The number of alkyl halides is 3. The molecule has 140 valence electrons. The maximum absolute atomic E-state index is 12.3. The van der Waals surface area contributed by atoms with Crippen LogP contribution in [0, 0.1) is 0 Å². The second-order valence-electron chi connectivity index (χ2n) is 6.03. The molecule has 0 aliphatic heterocycles. The fraction of sp³-hybridized carbons (Fsp3) is 0.533. The molecule has 0 heterocycles. The Bertz CT molecular complexity index is 699. The number of rotatable bonds is 5. The number of hydrogen-bond acceptors (Lipinski definition) is 3. The molecule has 0 bridgehead atoms. The minimum atomic E-state index is -4.49. The first-order chi connectivity index (χ1) is 11.6. The molecule has 2 rings (SSSR count). The number of carbonyl (C=O) groups excluding carboxylic acids is 1. The number of carbonyl (C=O) groups is 1. The Morgan fingerprint density at radius 3 is 2.28 bits per heavy atom. The summed E-state index contributed by atoms with van der Waals surface area (Å²) in [5.41, 5.74) is 0.207. The van der Waals surface area contributed by atoms with Gasteiger partial charge < -0.3 is 10.2 Å². The Labute approximate surface area is 144 Å². The Hall–Kier alpha value is -1.81. The Morgan fingerprint density at radius 2 is 1.76 bits per heavy atom. The van der Waals surface area contributed by atoms with Crippen LogP contribution in [-0.4, -0.2) is 45.2 Å². The number of benzene rings is 1. The van der Waals surface area contributed by atoms with Crippen LogP contribution in [0.3, 0.4) is 0 Å². The first-order valence-electron chi connectivity index (χ1n) is 7.78. The third-order valence-electron chi connectivity index (χ3n) is 3.86. The van der Waals surface area contributed by atoms with Gasteiger partial charge in [0.2, 0.25) is 10.0 Å². The van der Waals surface area contributed by atoms with Gasteiger partial charge in [-0.05, 0) is 37.1 Å². The molecule has 2 N–H and O–H groups in total. The second-order valence-corrected chi connectivity index (χ2v) is 7.74. The molecule has 0 radical (unpaired) electrons. The standard InChI is InChI=1S/C15H20F3N3O3S/c1-21(10-15(16,17)18)14(22)19-11-6-8-13(9-7-11)25(23,24)20-12-4-2-3-5-12/h6-9,12,20H,2-5,10H2,1H3,(H,19,22). The topological polar surface area (TPSA) is 78.5 Å². The van der Waals surface area contributed by atoms with Gasteiger partial charge in [0.05, 0.1) is 4.90 Å². The molecular weight excluding hydrogens is 359 g/mol. The van der Waals surface area contributed by atoms with Crippen LogP contribution in [0.2, 0.25) is 0 Å². The summed E-state index contributed by atoms with van der Waals surface area (Å²) in [5.74, 6) is 0. The van der Waals surface area contributed by atoms with E-state index in [0.717, 1.165) is 32.7 Å². The van der Waals surface area contributed by atoms with Gasteiger partial charge in [0, 0.05) is 18.8 Å². The highest BCUT2D eigenvalue weighted by atomic mass is 32.2. The minimum absolute atomic E-state index is 0.0426. The van der Waals surface area contributed by atoms with Gasteiger partial charge >= 0.3 is 12.2 Å². The third kappa shape index (κ3) is 5.89. The van der Waals surface area contributed by atoms with E-state index in [1.54, 1.807) is 0 Å². The van der Waals surface area contributed by atoms with Gasteiger partial charge in [-0.25, -0.2) is 17.9 Å². The Morgan fingerprint density at radius 1 is 1.20 bits per heavy atom. The van der Waals surface area contributed by atoms with Crippen LogP contribution in [0.5, 0.6) is 0 Å². The highest BCUT2D eigenvalue weighted by molar-refractivity contribution is 7.89. The summed E-state index contributed by atoms with van der Waals surface area (Å²) in [6.45, 7) is -1.38. The summed E-state index contributed by atoms with van der Waals surface area (Å²) in [6.07, 6.45) is -0.902. The van der Waals surface area contributed by atoms with Crippen LogP contribution in [0.25, 0.3) is 0 Å². The first-order valence-corrected chi connectivity index (χ1v) is 9.26. The molecule has 6 nitrogen and oxygen atoms in total. The SMILES string of the molecule is CN(CC(F)(F)F)C(=O)Nc1ccc(S(=O)(=O)NC2CCCC2)cc1. The summed E-state index contributed by atoms with van der Waals surface area (Å²) in [5, 5.41) is 2.29. The normalized spacial score (nSPS) is 16.0. The zero-order valence-corrected chi connectivity index (χ0v) is 14.5. The number of nitrogens with one attached hydrogen (secondary N) is 2. The smallest absolute Gasteiger partial charge is 0.318 e. The lowest BCUT2D eigenvalue weighted by molar-refractivity contribution is -0.137. The molecule has 0 atom stereocenters. The van der Waals surface area contributed by atoms with Gasteiger partial charge in [0.15, 0.2) is 0 Å². The molecule has 25 heavy (non-hydrogen) atoms. The molecule has 1 saturated carbocycles. The van der Waals surface area contributed by atoms with Crippen molar-refractivity contribution in [1.82, 2.24) is 9.62 Å². The Kier molecular flexibility index (Phi) is 5.94. The van der Waals surface area contributed by atoms with Crippen molar-refractivity contribution in [2.75, 3.05) is 18.9 Å². The van der Waals surface area contributed by atoms with Crippen molar-refractivity contribution in [3.8, 4) is 0 Å². The zero-order chi connectivity index (χ0) is 18.7. The number of sulfonamides is 1. The van der Waals surface area contributed by atoms with Crippen molar-refractivity contribution in [1.29, 1.82) is 0 Å². The van der Waals surface area contributed by atoms with E-state index in [0.29, 0.717) is 4.90 Å². The van der Waals surface area contributed by atoms with Crippen LogP contribution < -0.4 is 10.0 Å². The lowest BCUT2D eigenvalue weighted by Gasteiger charge is -2.19. The molecule has 10 heteroatoms. The fourth-order valence-electron chi connectivity index (χ4n) is 2.61. The van der Waals surface area contributed by atoms with E-state index in [-0.39, 0.29) is 16.6 Å². The van der Waals surface area contributed by atoms with Crippen LogP contribution in [0.4, 0.5) is 23.7 Å². The van der Waals surface area contributed by atoms with Gasteiger partial charge in [-0.15, -0.1) is 0 Å². The Balaban J connectivity index is 1.98. The molecular formula is C15H20F3N3O3S. The number of nitrogens with zero attached hydrogens (tertiary/aromatic N) is 1. The highest BCUT2D eigenvalue weighted by Crippen LogP contribution is 2.21. The second kappa shape index (κ2) is 7.61. The van der Waals surface area contributed by atoms with Crippen molar-refractivity contribution < 1.29 is 26.4 Å². The quantitative estimate of drug-likeness (QED) is 0.826. The van der Waals surface area contributed by atoms with Crippen molar-refractivity contribution in [3.63, 3.8) is 0 Å². The summed E-state index contributed by atoms with van der Waals surface area (Å²) in [4.78, 5) is 12.2. The predicted molar refractivity (Wildman–Crippen MR) is 86.7 cm³/mol. The molecule has 1 aromatic carbocycles. The summed E-state index contributed by atoms with van der Waals surface area (Å²) >= 11 is 0. The number of amides is 2. The highest BCUT2D eigenvalue weighted by Gasteiger charge is 2.31. The molecule has 1 aromatic rings. The average Bonchev–Trinajstić information content (AvgIpc) is 2.98. The molecule has 1 aliphatic rings. The molecule has 0 saturated heterocycles. The number of anilines is 1. The van der Waals surface area contributed by atoms with Gasteiger partial charge in [0.1, 0.15) is 6.54 Å². The number of urea groups is 1. The summed E-state index contributed by atoms with van der Waals surface area (Å²) in [6, 6.07) is 4.27. The molecule has 0 spiro atoms. The van der Waals surface area contributed by atoms with Gasteiger partial charge in [-0.2, -0.15) is 13.2 Å². The van der Waals surface area contributed by atoms with E-state index in [9.17, 15) is 26.4 Å².